The van der Waals surface area contributed by atoms with Crippen LogP contribution in [0, 0.1) is 17.5 Å². The highest BCUT2D eigenvalue weighted by Gasteiger charge is 2.12. The maximum absolute atomic E-state index is 13.0. The molecule has 1 aromatic carbocycles. The van der Waals surface area contributed by atoms with E-state index in [1.807, 2.05) is 0 Å². The van der Waals surface area contributed by atoms with Crippen molar-refractivity contribution in [3.8, 4) is 0 Å². The van der Waals surface area contributed by atoms with E-state index in [-0.39, 0.29) is 17.9 Å². The van der Waals surface area contributed by atoms with Crippen LogP contribution in [0.3, 0.4) is 0 Å². The van der Waals surface area contributed by atoms with E-state index < -0.39 is 23.5 Å². The van der Waals surface area contributed by atoms with Crippen LogP contribution >= 0.6 is 11.6 Å². The Morgan fingerprint density at radius 2 is 1.71 bits per heavy atom. The van der Waals surface area contributed by atoms with Gasteiger partial charge in [-0.2, -0.15) is 0 Å². The number of nitrogens with two attached hydrogens (primary N) is 1. The van der Waals surface area contributed by atoms with Crippen LogP contribution < -0.4 is 5.73 Å². The third-order valence-corrected chi connectivity index (χ3v) is 2.17. The highest BCUT2D eigenvalue weighted by atomic mass is 35.5. The van der Waals surface area contributed by atoms with E-state index >= 15 is 0 Å². The van der Waals surface area contributed by atoms with Crippen molar-refractivity contribution < 1.29 is 13.2 Å². The maximum atomic E-state index is 13.0. The summed E-state index contributed by atoms with van der Waals surface area (Å²) in [6.07, 6.45) is 0.0898. The van der Waals surface area contributed by atoms with Gasteiger partial charge in [-0.15, -0.1) is 11.6 Å². The van der Waals surface area contributed by atoms with Crippen LogP contribution in [-0.2, 0) is 6.42 Å². The number of hydrogen-bond donors (Lipinski definition) is 1. The Hall–Kier alpha value is -0.740. The fourth-order valence-corrected chi connectivity index (χ4v) is 1.17. The lowest BCUT2D eigenvalue weighted by Crippen LogP contribution is -2.25. The van der Waals surface area contributed by atoms with Gasteiger partial charge < -0.3 is 5.73 Å². The van der Waals surface area contributed by atoms with Gasteiger partial charge in [0.2, 0.25) is 0 Å². The minimum Gasteiger partial charge on any atom is -0.326 e. The summed E-state index contributed by atoms with van der Waals surface area (Å²) in [6.45, 7) is 0. The van der Waals surface area contributed by atoms with Gasteiger partial charge in [-0.1, -0.05) is 0 Å². The quantitative estimate of drug-likeness (QED) is 0.617. The summed E-state index contributed by atoms with van der Waals surface area (Å²) in [5.41, 5.74) is 5.49. The molecule has 78 valence electrons. The zero-order valence-electron chi connectivity index (χ0n) is 7.24. The van der Waals surface area contributed by atoms with Crippen molar-refractivity contribution >= 4 is 11.6 Å². The Balaban J connectivity index is 2.92. The molecule has 14 heavy (non-hydrogen) atoms. The van der Waals surface area contributed by atoms with E-state index in [1.54, 1.807) is 0 Å². The van der Waals surface area contributed by atoms with Crippen molar-refractivity contribution in [2.45, 2.75) is 12.5 Å². The second-order valence-corrected chi connectivity index (χ2v) is 3.28. The van der Waals surface area contributed by atoms with E-state index in [9.17, 15) is 13.2 Å². The van der Waals surface area contributed by atoms with Gasteiger partial charge in [0.1, 0.15) is 5.82 Å². The van der Waals surface area contributed by atoms with Gasteiger partial charge in [-0.25, -0.2) is 13.2 Å². The highest BCUT2D eigenvalue weighted by Crippen LogP contribution is 2.15. The highest BCUT2D eigenvalue weighted by molar-refractivity contribution is 6.18. The Kier molecular flexibility index (Phi) is 3.77. The number of rotatable bonds is 3. The van der Waals surface area contributed by atoms with Gasteiger partial charge in [0.15, 0.2) is 11.6 Å². The van der Waals surface area contributed by atoms with Crippen molar-refractivity contribution in [3.05, 3.63) is 35.1 Å². The summed E-state index contributed by atoms with van der Waals surface area (Å²) < 4.78 is 38.2. The van der Waals surface area contributed by atoms with E-state index in [1.165, 1.54) is 0 Å². The standard InChI is InChI=1S/C9H9ClF3N/c10-4-6(14)1-5-2-8(12)9(13)3-7(5)11/h2-3,6H,1,4,14H2. The van der Waals surface area contributed by atoms with Crippen molar-refractivity contribution in [2.75, 3.05) is 5.88 Å². The molecule has 0 aliphatic heterocycles. The zero-order chi connectivity index (χ0) is 10.7. The van der Waals surface area contributed by atoms with E-state index in [2.05, 4.69) is 0 Å². The Morgan fingerprint density at radius 3 is 2.29 bits per heavy atom. The summed E-state index contributed by atoms with van der Waals surface area (Å²) >= 11 is 5.41. The summed E-state index contributed by atoms with van der Waals surface area (Å²) in [7, 11) is 0. The molecule has 0 saturated heterocycles. The Labute approximate surface area is 84.7 Å². The van der Waals surface area contributed by atoms with Gasteiger partial charge in [0.25, 0.3) is 0 Å². The molecule has 1 nitrogen and oxygen atoms in total. The predicted molar refractivity (Wildman–Crippen MR) is 48.7 cm³/mol. The molecule has 0 fully saturated rings. The van der Waals surface area contributed by atoms with E-state index in [0.29, 0.717) is 6.07 Å². The molecular formula is C9H9ClF3N. The molecule has 1 atom stereocenters. The van der Waals surface area contributed by atoms with Crippen LogP contribution in [-0.4, -0.2) is 11.9 Å². The minimum atomic E-state index is -1.20. The van der Waals surface area contributed by atoms with Gasteiger partial charge in [-0.05, 0) is 18.1 Å². The maximum Gasteiger partial charge on any atom is 0.161 e. The lowest BCUT2D eigenvalue weighted by molar-refractivity contribution is 0.488. The first kappa shape index (κ1) is 11.3. The van der Waals surface area contributed by atoms with Crippen molar-refractivity contribution in [3.63, 3.8) is 0 Å². The van der Waals surface area contributed by atoms with Crippen molar-refractivity contribution in [1.29, 1.82) is 0 Å². The first-order chi connectivity index (χ1) is 6.54. The molecule has 2 N–H and O–H groups in total. The summed E-state index contributed by atoms with van der Waals surface area (Å²) in [5, 5.41) is 0. The molecule has 0 saturated carbocycles. The topological polar surface area (TPSA) is 26.0 Å². The lowest BCUT2D eigenvalue weighted by atomic mass is 10.1. The van der Waals surface area contributed by atoms with Gasteiger partial charge in [-0.3, -0.25) is 0 Å². The molecule has 1 aromatic rings. The third kappa shape index (κ3) is 2.62. The first-order valence-electron chi connectivity index (χ1n) is 3.99. The number of benzene rings is 1. The largest absolute Gasteiger partial charge is 0.326 e. The molecule has 1 rings (SSSR count). The molecule has 0 heterocycles. The van der Waals surface area contributed by atoms with Gasteiger partial charge in [0, 0.05) is 18.0 Å². The van der Waals surface area contributed by atoms with Crippen LogP contribution in [0.2, 0.25) is 0 Å². The predicted octanol–water partition coefficient (Wildman–Crippen LogP) is 2.21. The smallest absolute Gasteiger partial charge is 0.161 e. The molecule has 0 aliphatic carbocycles. The molecule has 0 aliphatic rings. The first-order valence-corrected chi connectivity index (χ1v) is 4.53. The number of halogens is 4. The second kappa shape index (κ2) is 4.66. The van der Waals surface area contributed by atoms with Crippen LogP contribution in [0.25, 0.3) is 0 Å². The van der Waals surface area contributed by atoms with Crippen LogP contribution in [0.15, 0.2) is 12.1 Å². The Morgan fingerprint density at radius 1 is 1.14 bits per heavy atom. The molecule has 1 unspecified atom stereocenters. The number of hydrogen-bond acceptors (Lipinski definition) is 1. The average Bonchev–Trinajstić information content (AvgIpc) is 2.14. The molecule has 5 heteroatoms. The molecule has 0 bridgehead atoms. The summed E-state index contributed by atoms with van der Waals surface area (Å²) in [5.74, 6) is -2.95. The molecule has 0 spiro atoms. The fraction of sp³-hybridized carbons (Fsp3) is 0.333. The monoisotopic (exact) mass is 223 g/mol. The summed E-state index contributed by atoms with van der Waals surface area (Å²) in [4.78, 5) is 0. The van der Waals surface area contributed by atoms with E-state index in [0.717, 1.165) is 6.07 Å². The van der Waals surface area contributed by atoms with Crippen LogP contribution in [0.4, 0.5) is 13.2 Å². The zero-order valence-corrected chi connectivity index (χ0v) is 7.99. The summed E-state index contributed by atoms with van der Waals surface area (Å²) in [6, 6.07) is 0.846. The average molecular weight is 224 g/mol. The molecule has 0 aromatic heterocycles. The lowest BCUT2D eigenvalue weighted by Gasteiger charge is -2.08. The number of alkyl halides is 1. The second-order valence-electron chi connectivity index (χ2n) is 2.98. The normalized spacial score (nSPS) is 12.9. The van der Waals surface area contributed by atoms with Crippen molar-refractivity contribution in [1.82, 2.24) is 0 Å². The Bertz CT molecular complexity index is 330. The minimum absolute atomic E-state index is 0.0389. The molecular weight excluding hydrogens is 215 g/mol. The van der Waals surface area contributed by atoms with Crippen LogP contribution in [0.5, 0.6) is 0 Å². The fourth-order valence-electron chi connectivity index (χ4n) is 1.06. The van der Waals surface area contributed by atoms with Crippen LogP contribution in [0.1, 0.15) is 5.56 Å². The van der Waals surface area contributed by atoms with E-state index in [4.69, 9.17) is 17.3 Å². The van der Waals surface area contributed by atoms with Gasteiger partial charge in [0.05, 0.1) is 0 Å². The van der Waals surface area contributed by atoms with Crippen molar-refractivity contribution in [2.24, 2.45) is 5.73 Å². The van der Waals surface area contributed by atoms with Gasteiger partial charge >= 0.3 is 0 Å². The SMILES string of the molecule is NC(CCl)Cc1cc(F)c(F)cc1F. The third-order valence-electron chi connectivity index (χ3n) is 1.77. The molecule has 0 radical (unpaired) electrons. The molecule has 0 amide bonds.